The van der Waals surface area contributed by atoms with Gasteiger partial charge in [0.25, 0.3) is 0 Å². The molecule has 3 unspecified atom stereocenters. The molecule has 30 heavy (non-hydrogen) atoms. The molecule has 2 aliphatic heterocycles. The molecule has 2 aliphatic rings. The van der Waals surface area contributed by atoms with Crippen LogP contribution < -0.4 is 20.5 Å². The lowest BCUT2D eigenvalue weighted by Crippen LogP contribution is -2.39. The van der Waals surface area contributed by atoms with E-state index in [1.165, 1.54) is 28.4 Å². The third kappa shape index (κ3) is 3.34. The quantitative estimate of drug-likeness (QED) is 0.664. The summed E-state index contributed by atoms with van der Waals surface area (Å²) >= 11 is 0. The summed E-state index contributed by atoms with van der Waals surface area (Å²) in [5.74, 6) is 1.02. The van der Waals surface area contributed by atoms with Crippen molar-refractivity contribution >= 4 is 5.69 Å². The number of hydrogen-bond donors (Lipinski definition) is 2. The highest BCUT2D eigenvalue weighted by molar-refractivity contribution is 5.60. The average molecular weight is 404 g/mol. The minimum Gasteiger partial charge on any atom is -0.497 e. The van der Waals surface area contributed by atoms with E-state index < -0.39 is 0 Å². The Labute approximate surface area is 176 Å². The summed E-state index contributed by atoms with van der Waals surface area (Å²) < 4.78 is 19.7. The molecule has 0 radical (unpaired) electrons. The third-order valence-corrected chi connectivity index (χ3v) is 6.33. The number of hydrogen-bond acceptors (Lipinski definition) is 4. The van der Waals surface area contributed by atoms with E-state index in [9.17, 15) is 4.39 Å². The zero-order valence-corrected chi connectivity index (χ0v) is 17.2. The maximum atomic E-state index is 14.4. The van der Waals surface area contributed by atoms with E-state index in [1.807, 2.05) is 24.3 Å². The molecular weight excluding hydrogens is 377 g/mol. The van der Waals surface area contributed by atoms with Crippen LogP contribution in [0.4, 0.5) is 10.1 Å². The zero-order valence-electron chi connectivity index (χ0n) is 17.2. The van der Waals surface area contributed by atoms with Crippen LogP contribution in [0.1, 0.15) is 34.3 Å². The van der Waals surface area contributed by atoms with E-state index in [0.717, 1.165) is 17.9 Å². The van der Waals surface area contributed by atoms with Gasteiger partial charge in [-0.3, -0.25) is 0 Å². The van der Waals surface area contributed by atoms with Gasteiger partial charge in [0, 0.05) is 30.3 Å². The summed E-state index contributed by atoms with van der Waals surface area (Å²) in [5, 5.41) is 0. The first-order valence-electron chi connectivity index (χ1n) is 10.4. The molecule has 3 atom stereocenters. The number of fused-ring (bicyclic) bond motifs is 3. The average Bonchev–Trinajstić information content (AvgIpc) is 3.19. The van der Waals surface area contributed by atoms with E-state index in [4.69, 9.17) is 4.74 Å². The first-order chi connectivity index (χ1) is 14.6. The number of methoxy groups -OCH3 is 1. The Morgan fingerprint density at radius 1 is 1.00 bits per heavy atom. The molecule has 154 valence electrons. The Bertz CT molecular complexity index is 1050. The Hall–Kier alpha value is -2.89. The highest BCUT2D eigenvalue weighted by Gasteiger charge is 2.43. The Balaban J connectivity index is 1.51. The van der Waals surface area contributed by atoms with Crippen molar-refractivity contribution in [1.29, 1.82) is 0 Å². The van der Waals surface area contributed by atoms with Crippen LogP contribution in [0.25, 0.3) is 0 Å². The largest absolute Gasteiger partial charge is 0.497 e. The smallest absolute Gasteiger partial charge is 0.128 e. The topological polar surface area (TPSA) is 36.5 Å². The molecule has 2 heterocycles. The van der Waals surface area contributed by atoms with Crippen molar-refractivity contribution in [3.63, 3.8) is 0 Å². The normalized spacial score (nSPS) is 22.5. The van der Waals surface area contributed by atoms with Crippen LogP contribution in [0.5, 0.6) is 5.75 Å². The van der Waals surface area contributed by atoms with Gasteiger partial charge in [0.15, 0.2) is 0 Å². The second-order valence-corrected chi connectivity index (χ2v) is 8.22. The van der Waals surface area contributed by atoms with Gasteiger partial charge in [-0.15, -0.1) is 0 Å². The summed E-state index contributed by atoms with van der Waals surface area (Å²) in [6.45, 7) is 3.52. The SMILES string of the molecule is COc1ccc(C2NNC3c4cc(C)ccc4N(Cc4ccccc4F)CC23)cc1. The van der Waals surface area contributed by atoms with E-state index in [2.05, 4.69) is 53.0 Å². The van der Waals surface area contributed by atoms with E-state index >= 15 is 0 Å². The monoisotopic (exact) mass is 403 g/mol. The molecule has 2 N–H and O–H groups in total. The first kappa shape index (κ1) is 19.1. The highest BCUT2D eigenvalue weighted by atomic mass is 19.1. The number of anilines is 1. The van der Waals surface area contributed by atoms with Crippen LogP contribution in [-0.2, 0) is 6.54 Å². The number of hydrazine groups is 1. The minimum atomic E-state index is -0.150. The number of nitrogens with zero attached hydrogens (tertiary/aromatic N) is 1. The number of benzene rings is 3. The maximum Gasteiger partial charge on any atom is 0.128 e. The molecule has 5 heteroatoms. The van der Waals surface area contributed by atoms with E-state index in [1.54, 1.807) is 13.2 Å². The van der Waals surface area contributed by atoms with Crippen molar-refractivity contribution in [2.45, 2.75) is 25.6 Å². The van der Waals surface area contributed by atoms with Gasteiger partial charge in [0.1, 0.15) is 11.6 Å². The fourth-order valence-electron chi connectivity index (χ4n) is 4.79. The molecule has 0 bridgehead atoms. The molecule has 3 aromatic carbocycles. The van der Waals surface area contributed by atoms with Crippen LogP contribution >= 0.6 is 0 Å². The van der Waals surface area contributed by atoms with Gasteiger partial charge in [-0.1, -0.05) is 48.0 Å². The van der Waals surface area contributed by atoms with Crippen LogP contribution in [0.15, 0.2) is 66.7 Å². The van der Waals surface area contributed by atoms with Crippen molar-refractivity contribution in [3.05, 3.63) is 94.8 Å². The summed E-state index contributed by atoms with van der Waals surface area (Å²) in [5.41, 5.74) is 12.7. The summed E-state index contributed by atoms with van der Waals surface area (Å²) in [7, 11) is 1.68. The summed E-state index contributed by atoms with van der Waals surface area (Å²) in [6.07, 6.45) is 0. The second kappa shape index (κ2) is 7.74. The molecule has 1 fully saturated rings. The fraction of sp³-hybridized carbons (Fsp3) is 0.280. The molecule has 0 amide bonds. The summed E-state index contributed by atoms with van der Waals surface area (Å²) in [6, 6.07) is 22.2. The predicted molar refractivity (Wildman–Crippen MR) is 117 cm³/mol. The standard InChI is InChI=1S/C25H26FN3O/c1-16-7-12-23-20(13-16)25-21(15-29(23)14-18-5-3-4-6-22(18)26)24(27-28-25)17-8-10-19(30-2)11-9-17/h3-13,21,24-25,27-28H,14-15H2,1-2H3. The highest BCUT2D eigenvalue weighted by Crippen LogP contribution is 2.46. The summed E-state index contributed by atoms with van der Waals surface area (Å²) in [4.78, 5) is 2.32. The molecule has 1 saturated heterocycles. The second-order valence-electron chi connectivity index (χ2n) is 8.22. The van der Waals surface area contributed by atoms with Gasteiger partial charge in [-0.2, -0.15) is 0 Å². The van der Waals surface area contributed by atoms with Crippen molar-refractivity contribution in [3.8, 4) is 5.75 Å². The third-order valence-electron chi connectivity index (χ3n) is 6.33. The first-order valence-corrected chi connectivity index (χ1v) is 10.4. The molecule has 4 nitrogen and oxygen atoms in total. The van der Waals surface area contributed by atoms with Crippen LogP contribution in [0.3, 0.4) is 0 Å². The minimum absolute atomic E-state index is 0.150. The molecule has 0 aliphatic carbocycles. The van der Waals surface area contributed by atoms with E-state index in [0.29, 0.717) is 12.5 Å². The Kier molecular flexibility index (Phi) is 4.93. The van der Waals surface area contributed by atoms with Crippen molar-refractivity contribution in [1.82, 2.24) is 10.9 Å². The number of nitrogens with one attached hydrogen (secondary N) is 2. The van der Waals surface area contributed by atoms with Crippen molar-refractivity contribution in [2.75, 3.05) is 18.6 Å². The predicted octanol–water partition coefficient (Wildman–Crippen LogP) is 4.67. The molecule has 3 aromatic rings. The molecule has 0 saturated carbocycles. The number of rotatable bonds is 4. The molecule has 0 spiro atoms. The lowest BCUT2D eigenvalue weighted by atomic mass is 9.81. The number of aryl methyl sites for hydroxylation is 1. The zero-order chi connectivity index (χ0) is 20.7. The Morgan fingerprint density at radius 3 is 2.53 bits per heavy atom. The molecular formula is C25H26FN3O. The number of ether oxygens (including phenoxy) is 1. The molecule has 0 aromatic heterocycles. The maximum absolute atomic E-state index is 14.4. The van der Waals surface area contributed by atoms with Gasteiger partial charge < -0.3 is 9.64 Å². The van der Waals surface area contributed by atoms with Gasteiger partial charge in [0.05, 0.1) is 19.2 Å². The lowest BCUT2D eigenvalue weighted by molar-refractivity contribution is 0.398. The van der Waals surface area contributed by atoms with Crippen molar-refractivity contribution in [2.24, 2.45) is 5.92 Å². The lowest BCUT2D eigenvalue weighted by Gasteiger charge is -2.39. The van der Waals surface area contributed by atoms with Crippen LogP contribution in [-0.4, -0.2) is 13.7 Å². The van der Waals surface area contributed by atoms with Crippen molar-refractivity contribution < 1.29 is 9.13 Å². The van der Waals surface area contributed by atoms with Gasteiger partial charge in [0.2, 0.25) is 0 Å². The van der Waals surface area contributed by atoms with Gasteiger partial charge in [-0.05, 0) is 42.3 Å². The van der Waals surface area contributed by atoms with Gasteiger partial charge in [-0.25, -0.2) is 15.2 Å². The Morgan fingerprint density at radius 2 is 1.77 bits per heavy atom. The van der Waals surface area contributed by atoms with Crippen LogP contribution in [0.2, 0.25) is 0 Å². The number of halogens is 1. The van der Waals surface area contributed by atoms with Gasteiger partial charge >= 0.3 is 0 Å². The molecule has 5 rings (SSSR count). The fourth-order valence-corrected chi connectivity index (χ4v) is 4.79. The van der Waals surface area contributed by atoms with E-state index in [-0.39, 0.29) is 17.9 Å². The van der Waals surface area contributed by atoms with Crippen LogP contribution in [0, 0.1) is 18.7 Å².